The number of nitrogens with zero attached hydrogens (tertiary/aromatic N) is 4. The Morgan fingerprint density at radius 2 is 1.79 bits per heavy atom. The number of hydrogen-bond acceptors (Lipinski definition) is 5. The van der Waals surface area contributed by atoms with E-state index in [1.165, 1.54) is 16.7 Å². The highest BCUT2D eigenvalue weighted by Gasteiger charge is 2.14. The molecule has 5 nitrogen and oxygen atoms in total. The Morgan fingerprint density at radius 1 is 1.05 bits per heavy atom. The number of benzene rings is 1. The molecule has 0 aliphatic heterocycles. The maximum atomic E-state index is 4.89. The third kappa shape index (κ3) is 9.46. The lowest BCUT2D eigenvalue weighted by atomic mass is 9.91. The molecule has 204 valence electrons. The Bertz CT molecular complexity index is 1130. The van der Waals surface area contributed by atoms with Gasteiger partial charge in [-0.3, -0.25) is 4.99 Å². The van der Waals surface area contributed by atoms with Gasteiger partial charge in [-0.05, 0) is 87.7 Å². The summed E-state index contributed by atoms with van der Waals surface area (Å²) in [5.74, 6) is 1.31. The first-order chi connectivity index (χ1) is 18.2. The molecule has 2 aromatic rings. The van der Waals surface area contributed by atoms with E-state index in [4.69, 9.17) is 9.98 Å². The lowest BCUT2D eigenvalue weighted by Crippen LogP contribution is -2.21. The van der Waals surface area contributed by atoms with Gasteiger partial charge in [0.2, 0.25) is 0 Å². The van der Waals surface area contributed by atoms with Gasteiger partial charge in [-0.15, -0.1) is 0 Å². The van der Waals surface area contributed by atoms with Crippen molar-refractivity contribution in [3.63, 3.8) is 0 Å². The Morgan fingerprint density at radius 3 is 2.45 bits per heavy atom. The number of aromatic nitrogens is 1. The van der Waals surface area contributed by atoms with E-state index >= 15 is 0 Å². The topological polar surface area (TPSA) is 43.8 Å². The maximum Gasteiger partial charge on any atom is 0.136 e. The molecule has 0 saturated heterocycles. The molecule has 2 rings (SSSR count). The van der Waals surface area contributed by atoms with Crippen LogP contribution in [0.3, 0.4) is 0 Å². The van der Waals surface area contributed by atoms with Crippen molar-refractivity contribution < 1.29 is 0 Å². The van der Waals surface area contributed by atoms with Crippen LogP contribution in [0, 0.1) is 5.92 Å². The molecule has 0 radical (unpaired) electrons. The first kappa shape index (κ1) is 30.8. The lowest BCUT2D eigenvalue weighted by Gasteiger charge is -2.22. The molecule has 0 aliphatic carbocycles. The van der Waals surface area contributed by atoms with Gasteiger partial charge in [-0.1, -0.05) is 62.2 Å². The van der Waals surface area contributed by atoms with Gasteiger partial charge in [-0.25, -0.2) is 4.98 Å². The van der Waals surface area contributed by atoms with E-state index in [1.807, 2.05) is 45.0 Å². The molecular weight excluding hydrogens is 466 g/mol. The summed E-state index contributed by atoms with van der Waals surface area (Å²) in [4.78, 5) is 14.2. The summed E-state index contributed by atoms with van der Waals surface area (Å²) in [6, 6.07) is 12.6. The van der Waals surface area contributed by atoms with Crippen molar-refractivity contribution in [2.24, 2.45) is 10.9 Å². The van der Waals surface area contributed by atoms with Crippen LogP contribution in [0.5, 0.6) is 0 Å². The predicted molar refractivity (Wildman–Crippen MR) is 168 cm³/mol. The van der Waals surface area contributed by atoms with Gasteiger partial charge in [0.05, 0.1) is 18.0 Å². The Balaban J connectivity index is 2.02. The summed E-state index contributed by atoms with van der Waals surface area (Å²) >= 11 is 0. The van der Waals surface area contributed by atoms with Crippen molar-refractivity contribution in [3.8, 4) is 0 Å². The van der Waals surface area contributed by atoms with Crippen LogP contribution < -0.4 is 10.2 Å². The summed E-state index contributed by atoms with van der Waals surface area (Å²) < 4.78 is 0. The zero-order chi connectivity index (χ0) is 28.1. The van der Waals surface area contributed by atoms with E-state index in [0.717, 1.165) is 67.3 Å². The minimum atomic E-state index is 0.393. The highest BCUT2D eigenvalue weighted by Crippen LogP contribution is 2.24. The van der Waals surface area contributed by atoms with E-state index in [0.29, 0.717) is 12.5 Å². The number of anilines is 1. The van der Waals surface area contributed by atoms with E-state index < -0.39 is 0 Å². The molecule has 1 N–H and O–H groups in total. The molecule has 1 aromatic carbocycles. The summed E-state index contributed by atoms with van der Waals surface area (Å²) in [6.45, 7) is 23.7. The van der Waals surface area contributed by atoms with Crippen molar-refractivity contribution in [2.45, 2.75) is 39.7 Å². The highest BCUT2D eigenvalue weighted by atomic mass is 15.1. The number of hydrogen-bond donors (Lipinski definition) is 1. The Kier molecular flexibility index (Phi) is 12.7. The smallest absolute Gasteiger partial charge is 0.136 e. The number of nitrogens with one attached hydrogen (secondary N) is 1. The molecule has 1 atom stereocenters. The van der Waals surface area contributed by atoms with Crippen molar-refractivity contribution in [1.82, 2.24) is 15.2 Å². The molecule has 0 saturated carbocycles. The van der Waals surface area contributed by atoms with Crippen molar-refractivity contribution in [1.29, 1.82) is 0 Å². The minimum Gasteiger partial charge on any atom is -0.391 e. The molecule has 1 aromatic heterocycles. The van der Waals surface area contributed by atoms with Gasteiger partial charge in [-0.2, -0.15) is 0 Å². The zero-order valence-electron chi connectivity index (χ0n) is 24.3. The molecule has 38 heavy (non-hydrogen) atoms. The van der Waals surface area contributed by atoms with E-state index in [-0.39, 0.29) is 0 Å². The van der Waals surface area contributed by atoms with Crippen molar-refractivity contribution in [3.05, 3.63) is 96.9 Å². The SMILES string of the molecule is C=CNCCC(CCCN(C)Cc1ccccc1C=C)C(=C)C/N=C(\C)c1ccc(C(=C)C)c(N(C)C)n1. The molecule has 1 heterocycles. The lowest BCUT2D eigenvalue weighted by molar-refractivity contribution is 0.307. The van der Waals surface area contributed by atoms with Crippen LogP contribution >= 0.6 is 0 Å². The van der Waals surface area contributed by atoms with Crippen LogP contribution in [0.1, 0.15) is 55.5 Å². The zero-order valence-corrected chi connectivity index (χ0v) is 24.3. The molecule has 5 heteroatoms. The van der Waals surface area contributed by atoms with Crippen LogP contribution in [-0.4, -0.2) is 56.4 Å². The van der Waals surface area contributed by atoms with Crippen molar-refractivity contribution in [2.75, 3.05) is 45.7 Å². The van der Waals surface area contributed by atoms with E-state index in [2.05, 4.69) is 73.9 Å². The normalized spacial score (nSPS) is 12.2. The second-order valence-electron chi connectivity index (χ2n) is 10.2. The average molecular weight is 514 g/mol. The van der Waals surface area contributed by atoms with Gasteiger partial charge in [0.25, 0.3) is 0 Å². The number of rotatable bonds is 17. The fourth-order valence-electron chi connectivity index (χ4n) is 4.52. The second-order valence-corrected chi connectivity index (χ2v) is 10.2. The standard InChI is InChI=1S/C33H47N5/c1-10-28-15-12-13-16-30(28)24-38(9)22-14-17-29(20-21-34-11-2)26(5)23-35-27(6)32-19-18-31(25(3)4)33(36-32)37(7)8/h10-13,15-16,18-19,29,34H,1-3,5,14,17,20-24H2,4,6-9H3/b35-27+. The van der Waals surface area contributed by atoms with Crippen LogP contribution in [0.25, 0.3) is 11.6 Å². The molecule has 0 bridgehead atoms. The van der Waals surface area contributed by atoms with Gasteiger partial charge >= 0.3 is 0 Å². The molecular formula is C33H47N5. The summed E-state index contributed by atoms with van der Waals surface area (Å²) in [5.41, 5.74) is 7.56. The minimum absolute atomic E-state index is 0.393. The van der Waals surface area contributed by atoms with Crippen LogP contribution in [-0.2, 0) is 6.54 Å². The summed E-state index contributed by atoms with van der Waals surface area (Å²) in [6.07, 6.45) is 6.89. The first-order valence-electron chi connectivity index (χ1n) is 13.4. The highest BCUT2D eigenvalue weighted by molar-refractivity contribution is 5.97. The predicted octanol–water partition coefficient (Wildman–Crippen LogP) is 6.84. The second kappa shape index (κ2) is 15.7. The van der Waals surface area contributed by atoms with E-state index in [1.54, 1.807) is 6.20 Å². The van der Waals surface area contributed by atoms with Crippen LogP contribution in [0.15, 0.2) is 79.5 Å². The van der Waals surface area contributed by atoms with Crippen LogP contribution in [0.2, 0.25) is 0 Å². The molecule has 0 amide bonds. The van der Waals surface area contributed by atoms with Crippen molar-refractivity contribution >= 4 is 23.2 Å². The number of aliphatic imine (C=N–C) groups is 1. The number of pyridine rings is 1. The Labute approximate surface area is 231 Å². The van der Waals surface area contributed by atoms with Gasteiger partial charge in [0.15, 0.2) is 0 Å². The van der Waals surface area contributed by atoms with E-state index in [9.17, 15) is 0 Å². The largest absolute Gasteiger partial charge is 0.391 e. The summed E-state index contributed by atoms with van der Waals surface area (Å²) in [5, 5.41) is 3.25. The third-order valence-electron chi connectivity index (χ3n) is 6.82. The average Bonchev–Trinajstić information content (AvgIpc) is 2.90. The molecule has 0 spiro atoms. The van der Waals surface area contributed by atoms with Crippen LogP contribution in [0.4, 0.5) is 5.82 Å². The van der Waals surface area contributed by atoms with Gasteiger partial charge in [0.1, 0.15) is 5.82 Å². The maximum absolute atomic E-state index is 4.89. The Hall–Kier alpha value is -3.44. The van der Waals surface area contributed by atoms with Gasteiger partial charge < -0.3 is 15.1 Å². The fraction of sp³-hybridized carbons (Fsp3) is 0.394. The fourth-order valence-corrected chi connectivity index (χ4v) is 4.52. The quantitative estimate of drug-likeness (QED) is 0.143. The third-order valence-corrected chi connectivity index (χ3v) is 6.82. The summed E-state index contributed by atoms with van der Waals surface area (Å²) in [7, 11) is 6.19. The monoisotopic (exact) mass is 513 g/mol. The molecule has 0 fully saturated rings. The molecule has 0 aliphatic rings. The molecule has 1 unspecified atom stereocenters. The number of allylic oxidation sites excluding steroid dienone is 1. The first-order valence-corrected chi connectivity index (χ1v) is 13.4. The van der Waals surface area contributed by atoms with Gasteiger partial charge in [0, 0.05) is 32.7 Å².